The first-order valence-corrected chi connectivity index (χ1v) is 5.87. The Balaban J connectivity index is 2.22. The number of benzene rings is 1. The molecular formula is C13H20N2O2. The molecule has 0 saturated carbocycles. The number of primary amides is 1. The fraction of sp³-hybridized carbons (Fsp3) is 0.462. The van der Waals surface area contributed by atoms with E-state index in [1.807, 2.05) is 12.1 Å². The Hall–Kier alpha value is -1.55. The summed E-state index contributed by atoms with van der Waals surface area (Å²) in [5, 5.41) is 12.5. The van der Waals surface area contributed by atoms with Gasteiger partial charge in [0.15, 0.2) is 0 Å². The Morgan fingerprint density at radius 2 is 2.06 bits per heavy atom. The van der Waals surface area contributed by atoms with E-state index >= 15 is 0 Å². The Labute approximate surface area is 102 Å². The third-order valence-corrected chi connectivity index (χ3v) is 2.57. The predicted octanol–water partition coefficient (Wildman–Crippen LogP) is 1.18. The zero-order chi connectivity index (χ0) is 12.7. The van der Waals surface area contributed by atoms with E-state index in [2.05, 4.69) is 12.2 Å². The largest absolute Gasteiger partial charge is 0.508 e. The van der Waals surface area contributed by atoms with Crippen molar-refractivity contribution in [2.24, 2.45) is 5.73 Å². The van der Waals surface area contributed by atoms with Gasteiger partial charge in [0.2, 0.25) is 5.91 Å². The third-order valence-electron chi connectivity index (χ3n) is 2.57. The van der Waals surface area contributed by atoms with Gasteiger partial charge in [0, 0.05) is 12.5 Å². The number of phenolic OH excluding ortho intramolecular Hbond substituents is 1. The van der Waals surface area contributed by atoms with E-state index in [4.69, 9.17) is 10.8 Å². The molecule has 0 saturated heterocycles. The molecule has 0 aliphatic carbocycles. The van der Waals surface area contributed by atoms with Crippen LogP contribution in [0.5, 0.6) is 5.75 Å². The number of amides is 1. The van der Waals surface area contributed by atoms with Crippen LogP contribution < -0.4 is 11.1 Å². The summed E-state index contributed by atoms with van der Waals surface area (Å²) in [6, 6.07) is 7.55. The second-order valence-corrected chi connectivity index (χ2v) is 4.30. The van der Waals surface area contributed by atoms with E-state index in [0.29, 0.717) is 12.5 Å². The number of rotatable bonds is 7. The van der Waals surface area contributed by atoms with Crippen molar-refractivity contribution in [2.75, 3.05) is 6.54 Å². The van der Waals surface area contributed by atoms with E-state index < -0.39 is 0 Å². The third kappa shape index (κ3) is 5.92. The number of nitrogens with one attached hydrogen (secondary N) is 1. The molecule has 1 rings (SSSR count). The highest BCUT2D eigenvalue weighted by Crippen LogP contribution is 2.11. The predicted molar refractivity (Wildman–Crippen MR) is 67.7 cm³/mol. The number of hydrogen-bond donors (Lipinski definition) is 3. The molecule has 0 aliphatic heterocycles. The Bertz CT molecular complexity index is 349. The number of nitrogens with two attached hydrogens (primary N) is 1. The second kappa shape index (κ2) is 6.91. The van der Waals surface area contributed by atoms with Crippen LogP contribution in [0.1, 0.15) is 25.3 Å². The van der Waals surface area contributed by atoms with Gasteiger partial charge in [0.25, 0.3) is 0 Å². The average molecular weight is 236 g/mol. The molecule has 1 unspecified atom stereocenters. The molecule has 1 amide bonds. The number of carbonyl (C=O) groups is 1. The van der Waals surface area contributed by atoms with E-state index in [-0.39, 0.29) is 11.7 Å². The smallest absolute Gasteiger partial charge is 0.217 e. The van der Waals surface area contributed by atoms with Crippen molar-refractivity contribution in [3.63, 3.8) is 0 Å². The minimum absolute atomic E-state index is 0.252. The summed E-state index contributed by atoms with van der Waals surface area (Å²) >= 11 is 0. The van der Waals surface area contributed by atoms with Gasteiger partial charge in [-0.1, -0.05) is 12.1 Å². The standard InChI is InChI=1S/C13H20N2O2/c1-10(15-8-2-3-13(14)17)9-11-4-6-12(16)7-5-11/h4-7,10,15-16H,2-3,8-9H2,1H3,(H2,14,17). The molecule has 0 spiro atoms. The molecule has 0 aliphatic rings. The maximum Gasteiger partial charge on any atom is 0.217 e. The molecule has 4 N–H and O–H groups in total. The van der Waals surface area contributed by atoms with Gasteiger partial charge in [-0.2, -0.15) is 0 Å². The molecule has 1 aromatic carbocycles. The molecule has 0 heterocycles. The summed E-state index contributed by atoms with van der Waals surface area (Å²) < 4.78 is 0. The van der Waals surface area contributed by atoms with Crippen LogP contribution in [0.2, 0.25) is 0 Å². The molecule has 0 radical (unpaired) electrons. The zero-order valence-electron chi connectivity index (χ0n) is 10.1. The van der Waals surface area contributed by atoms with Crippen molar-refractivity contribution < 1.29 is 9.90 Å². The molecule has 94 valence electrons. The first kappa shape index (κ1) is 13.5. The molecule has 0 fully saturated rings. The number of carbonyl (C=O) groups excluding carboxylic acids is 1. The summed E-state index contributed by atoms with van der Waals surface area (Å²) in [5.41, 5.74) is 6.24. The molecular weight excluding hydrogens is 216 g/mol. The van der Waals surface area contributed by atoms with Crippen LogP contribution in [0.3, 0.4) is 0 Å². The quantitative estimate of drug-likeness (QED) is 0.622. The highest BCUT2D eigenvalue weighted by Gasteiger charge is 2.03. The maximum absolute atomic E-state index is 10.5. The van der Waals surface area contributed by atoms with Crippen LogP contribution in [0.15, 0.2) is 24.3 Å². The molecule has 17 heavy (non-hydrogen) atoms. The summed E-state index contributed by atoms with van der Waals surface area (Å²) in [4.78, 5) is 10.5. The normalized spacial score (nSPS) is 12.3. The fourth-order valence-corrected chi connectivity index (χ4v) is 1.67. The fourth-order valence-electron chi connectivity index (χ4n) is 1.67. The molecule has 1 aromatic rings. The lowest BCUT2D eigenvalue weighted by Gasteiger charge is -2.13. The molecule has 4 nitrogen and oxygen atoms in total. The van der Waals surface area contributed by atoms with Gasteiger partial charge in [-0.05, 0) is 44.0 Å². The molecule has 0 bridgehead atoms. The van der Waals surface area contributed by atoms with Gasteiger partial charge in [-0.25, -0.2) is 0 Å². The van der Waals surface area contributed by atoms with E-state index in [1.54, 1.807) is 12.1 Å². The minimum atomic E-state index is -0.252. The summed E-state index contributed by atoms with van der Waals surface area (Å²) in [5.74, 6) is 0.0359. The average Bonchev–Trinajstić information content (AvgIpc) is 2.27. The van der Waals surface area contributed by atoms with Gasteiger partial charge in [0.1, 0.15) is 5.75 Å². The lowest BCUT2D eigenvalue weighted by Crippen LogP contribution is -2.29. The molecule has 0 aromatic heterocycles. The van der Waals surface area contributed by atoms with Crippen LogP contribution in [0, 0.1) is 0 Å². The minimum Gasteiger partial charge on any atom is -0.508 e. The Morgan fingerprint density at radius 1 is 1.41 bits per heavy atom. The van der Waals surface area contributed by atoms with Gasteiger partial charge in [0.05, 0.1) is 0 Å². The van der Waals surface area contributed by atoms with Crippen LogP contribution in [-0.2, 0) is 11.2 Å². The number of hydrogen-bond acceptors (Lipinski definition) is 3. The summed E-state index contributed by atoms with van der Waals surface area (Å²) in [7, 11) is 0. The lowest BCUT2D eigenvalue weighted by molar-refractivity contribution is -0.118. The van der Waals surface area contributed by atoms with E-state index in [9.17, 15) is 4.79 Å². The molecule has 4 heteroatoms. The Morgan fingerprint density at radius 3 is 2.65 bits per heavy atom. The van der Waals surface area contributed by atoms with Crippen LogP contribution in [-0.4, -0.2) is 23.6 Å². The zero-order valence-corrected chi connectivity index (χ0v) is 10.1. The summed E-state index contributed by atoms with van der Waals surface area (Å²) in [6.45, 7) is 2.89. The first-order valence-electron chi connectivity index (χ1n) is 5.87. The van der Waals surface area contributed by atoms with Gasteiger partial charge in [-0.3, -0.25) is 4.79 Å². The van der Waals surface area contributed by atoms with Crippen LogP contribution in [0.4, 0.5) is 0 Å². The Kier molecular flexibility index (Phi) is 5.49. The van der Waals surface area contributed by atoms with Crippen molar-refractivity contribution >= 4 is 5.91 Å². The van der Waals surface area contributed by atoms with Crippen molar-refractivity contribution in [1.29, 1.82) is 0 Å². The summed E-state index contributed by atoms with van der Waals surface area (Å²) in [6.07, 6.45) is 2.10. The van der Waals surface area contributed by atoms with E-state index in [1.165, 1.54) is 5.56 Å². The number of aromatic hydroxyl groups is 1. The van der Waals surface area contributed by atoms with Crippen molar-refractivity contribution in [2.45, 2.75) is 32.2 Å². The number of phenols is 1. The monoisotopic (exact) mass is 236 g/mol. The highest BCUT2D eigenvalue weighted by molar-refractivity contribution is 5.73. The van der Waals surface area contributed by atoms with E-state index in [0.717, 1.165) is 19.4 Å². The van der Waals surface area contributed by atoms with Gasteiger partial charge >= 0.3 is 0 Å². The van der Waals surface area contributed by atoms with Crippen molar-refractivity contribution in [3.05, 3.63) is 29.8 Å². The second-order valence-electron chi connectivity index (χ2n) is 4.30. The van der Waals surface area contributed by atoms with Crippen LogP contribution >= 0.6 is 0 Å². The molecule has 1 atom stereocenters. The first-order chi connectivity index (χ1) is 8.08. The SMILES string of the molecule is CC(Cc1ccc(O)cc1)NCCCC(N)=O. The topological polar surface area (TPSA) is 75.3 Å². The highest BCUT2D eigenvalue weighted by atomic mass is 16.3. The lowest BCUT2D eigenvalue weighted by atomic mass is 10.1. The van der Waals surface area contributed by atoms with Crippen molar-refractivity contribution in [1.82, 2.24) is 5.32 Å². The van der Waals surface area contributed by atoms with Gasteiger partial charge < -0.3 is 16.2 Å². The van der Waals surface area contributed by atoms with Crippen LogP contribution in [0.25, 0.3) is 0 Å². The van der Waals surface area contributed by atoms with Crippen molar-refractivity contribution in [3.8, 4) is 5.75 Å². The maximum atomic E-state index is 10.5. The van der Waals surface area contributed by atoms with Gasteiger partial charge in [-0.15, -0.1) is 0 Å².